The monoisotopic (exact) mass is 671 g/mol. The van der Waals surface area contributed by atoms with Gasteiger partial charge in [-0.05, 0) is 53.1 Å². The van der Waals surface area contributed by atoms with E-state index in [0.29, 0.717) is 33.9 Å². The van der Waals surface area contributed by atoms with Crippen molar-refractivity contribution >= 4 is 25.5 Å². The summed E-state index contributed by atoms with van der Waals surface area (Å²) in [5.41, 5.74) is 1.85. The van der Waals surface area contributed by atoms with E-state index in [1.807, 2.05) is 0 Å². The van der Waals surface area contributed by atoms with Crippen LogP contribution < -0.4 is 30.2 Å². The predicted molar refractivity (Wildman–Crippen MR) is 174 cm³/mol. The molecule has 0 bridgehead atoms. The van der Waals surface area contributed by atoms with Gasteiger partial charge in [0.25, 0.3) is 0 Å². The van der Waals surface area contributed by atoms with Crippen molar-refractivity contribution in [3.8, 4) is 17.2 Å². The van der Waals surface area contributed by atoms with E-state index in [1.54, 1.807) is 72.8 Å². The highest BCUT2D eigenvalue weighted by atomic mass is 31.2. The van der Waals surface area contributed by atoms with Crippen molar-refractivity contribution in [1.29, 1.82) is 0 Å². The Labute approximate surface area is 274 Å². The zero-order valence-corrected chi connectivity index (χ0v) is 28.2. The van der Waals surface area contributed by atoms with E-state index in [9.17, 15) is 18.9 Å². The van der Waals surface area contributed by atoms with Gasteiger partial charge in [0.2, 0.25) is 17.7 Å². The lowest BCUT2D eigenvalue weighted by Crippen LogP contribution is -2.32. The third kappa shape index (κ3) is 12.0. The van der Waals surface area contributed by atoms with E-state index >= 15 is 0 Å². The fourth-order valence-electron chi connectivity index (χ4n) is 4.58. The van der Waals surface area contributed by atoms with Gasteiger partial charge in [0.15, 0.2) is 0 Å². The zero-order valence-electron chi connectivity index (χ0n) is 27.3. The topological polar surface area (TPSA) is 160 Å². The second kappa shape index (κ2) is 18.1. The van der Waals surface area contributed by atoms with Gasteiger partial charge in [0.05, 0.1) is 59.3 Å². The molecule has 3 amide bonds. The molecule has 3 N–H and O–H groups in total. The molecule has 0 aromatic heterocycles. The molecular formula is C33H42N3O10P. The highest BCUT2D eigenvalue weighted by Gasteiger charge is 2.33. The van der Waals surface area contributed by atoms with E-state index in [0.717, 1.165) is 0 Å². The molecule has 0 heterocycles. The van der Waals surface area contributed by atoms with Gasteiger partial charge >= 0.3 is 7.82 Å². The molecule has 3 rings (SSSR count). The summed E-state index contributed by atoms with van der Waals surface area (Å²) >= 11 is 0. The molecular weight excluding hydrogens is 629 g/mol. The molecule has 3 aromatic rings. The second-order valence-corrected chi connectivity index (χ2v) is 12.1. The molecule has 0 aliphatic rings. The van der Waals surface area contributed by atoms with Crippen LogP contribution in [0.2, 0.25) is 0 Å². The molecule has 0 spiro atoms. The van der Waals surface area contributed by atoms with Crippen molar-refractivity contribution in [1.82, 2.24) is 16.0 Å². The third-order valence-electron chi connectivity index (χ3n) is 6.82. The number of phosphoric ester groups is 1. The van der Waals surface area contributed by atoms with Crippen LogP contribution in [-0.4, -0.2) is 58.9 Å². The van der Waals surface area contributed by atoms with Crippen LogP contribution in [0.3, 0.4) is 0 Å². The number of rotatable bonds is 18. The number of ether oxygens (including phenoxy) is 3. The Morgan fingerprint density at radius 2 is 0.830 bits per heavy atom. The van der Waals surface area contributed by atoms with Crippen LogP contribution in [-0.2, 0) is 32.5 Å². The average Bonchev–Trinajstić information content (AvgIpc) is 3.06. The predicted octanol–water partition coefficient (Wildman–Crippen LogP) is 4.80. The Balaban J connectivity index is 1.94. The van der Waals surface area contributed by atoms with Gasteiger partial charge in [-0.25, -0.2) is 4.57 Å². The van der Waals surface area contributed by atoms with Gasteiger partial charge in [-0.1, -0.05) is 36.4 Å². The normalized spacial score (nSPS) is 14.1. The molecule has 3 atom stereocenters. The number of hydrogen-bond acceptors (Lipinski definition) is 10. The first-order chi connectivity index (χ1) is 22.4. The summed E-state index contributed by atoms with van der Waals surface area (Å²) < 4.78 is 48.0. The molecule has 47 heavy (non-hydrogen) atoms. The van der Waals surface area contributed by atoms with Crippen molar-refractivity contribution < 1.29 is 46.7 Å². The molecule has 13 nitrogen and oxygen atoms in total. The van der Waals surface area contributed by atoms with Crippen LogP contribution >= 0.6 is 7.82 Å². The first-order valence-electron chi connectivity index (χ1n) is 14.7. The molecule has 0 saturated carbocycles. The SMILES string of the molecule is COc1cccc(C(COP(=O)(OCC(NC(C)=O)c2cccc(OC)c2)OCC(NC(C)=O)c2cccc(OC)c2)NC(C)=O)c1. The van der Waals surface area contributed by atoms with Gasteiger partial charge in [-0.15, -0.1) is 0 Å². The molecule has 0 aliphatic heterocycles. The third-order valence-corrected chi connectivity index (χ3v) is 8.21. The molecule has 0 fully saturated rings. The van der Waals surface area contributed by atoms with Gasteiger partial charge in [0.1, 0.15) is 17.2 Å². The van der Waals surface area contributed by atoms with Crippen molar-refractivity contribution in [2.24, 2.45) is 0 Å². The Bertz CT molecular complexity index is 1370. The van der Waals surface area contributed by atoms with Gasteiger partial charge < -0.3 is 30.2 Å². The van der Waals surface area contributed by atoms with E-state index in [-0.39, 0.29) is 37.5 Å². The Kier molecular flexibility index (Phi) is 14.2. The minimum Gasteiger partial charge on any atom is -0.497 e. The first-order valence-corrected chi connectivity index (χ1v) is 16.2. The van der Waals surface area contributed by atoms with E-state index < -0.39 is 25.9 Å². The number of phosphoric acid groups is 1. The quantitative estimate of drug-likeness (QED) is 0.160. The van der Waals surface area contributed by atoms with Crippen molar-refractivity contribution in [3.63, 3.8) is 0 Å². The van der Waals surface area contributed by atoms with Crippen LogP contribution in [0.1, 0.15) is 55.6 Å². The summed E-state index contributed by atoms with van der Waals surface area (Å²) in [5, 5.41) is 8.36. The highest BCUT2D eigenvalue weighted by molar-refractivity contribution is 7.48. The smallest absolute Gasteiger partial charge is 0.475 e. The fraction of sp³-hybridized carbons (Fsp3) is 0.364. The lowest BCUT2D eigenvalue weighted by Gasteiger charge is -2.27. The van der Waals surface area contributed by atoms with Crippen molar-refractivity contribution in [2.75, 3.05) is 41.2 Å². The minimum absolute atomic E-state index is 0.321. The molecule has 254 valence electrons. The fourth-order valence-corrected chi connectivity index (χ4v) is 5.80. The molecule has 3 unspecified atom stereocenters. The number of amides is 3. The van der Waals surface area contributed by atoms with E-state index in [1.165, 1.54) is 42.1 Å². The molecule has 14 heteroatoms. The standard InChI is InChI=1S/C33H42N3O10P/c1-22(37)34-31(25-10-7-13-28(16-25)41-4)19-44-47(40,45-20-32(35-23(2)38)26-11-8-14-29(17-26)42-5)46-21-33(36-24(3)39)27-12-9-15-30(18-27)43-6/h7-18,31-33H,19-21H2,1-6H3,(H,34,37)(H,35,38)(H,36,39). The molecule has 3 aromatic carbocycles. The Morgan fingerprint density at radius 1 is 0.553 bits per heavy atom. The summed E-state index contributed by atoms with van der Waals surface area (Å²) in [7, 11) is 0.0667. The first kappa shape index (κ1) is 37.0. The Morgan fingerprint density at radius 3 is 1.06 bits per heavy atom. The Hall–Kier alpha value is -4.42. The van der Waals surface area contributed by atoms with Crippen LogP contribution in [0.25, 0.3) is 0 Å². The average molecular weight is 672 g/mol. The maximum Gasteiger partial charge on any atom is 0.475 e. The number of nitrogens with one attached hydrogen (secondary N) is 3. The van der Waals surface area contributed by atoms with Gasteiger partial charge in [-0.3, -0.25) is 28.0 Å². The van der Waals surface area contributed by atoms with Crippen molar-refractivity contribution in [3.05, 3.63) is 89.5 Å². The molecule has 0 radical (unpaired) electrons. The summed E-state index contributed by atoms with van der Waals surface area (Å²) in [5.74, 6) is 0.561. The number of benzene rings is 3. The summed E-state index contributed by atoms with van der Waals surface area (Å²) in [4.78, 5) is 36.4. The lowest BCUT2D eigenvalue weighted by atomic mass is 10.1. The molecule has 0 aliphatic carbocycles. The number of carbonyl (C=O) groups is 3. The summed E-state index contributed by atoms with van der Waals surface area (Å²) in [6, 6.07) is 18.6. The summed E-state index contributed by atoms with van der Waals surface area (Å²) in [6.45, 7) is 3.07. The van der Waals surface area contributed by atoms with Crippen LogP contribution in [0.5, 0.6) is 17.2 Å². The van der Waals surface area contributed by atoms with Gasteiger partial charge in [-0.2, -0.15) is 0 Å². The number of methoxy groups -OCH3 is 3. The van der Waals surface area contributed by atoms with E-state index in [2.05, 4.69) is 16.0 Å². The van der Waals surface area contributed by atoms with Crippen LogP contribution in [0.4, 0.5) is 0 Å². The minimum atomic E-state index is -4.48. The van der Waals surface area contributed by atoms with Crippen molar-refractivity contribution in [2.45, 2.75) is 38.9 Å². The highest BCUT2D eigenvalue weighted by Crippen LogP contribution is 2.51. The van der Waals surface area contributed by atoms with Crippen LogP contribution in [0, 0.1) is 0 Å². The maximum atomic E-state index is 14.4. The maximum absolute atomic E-state index is 14.4. The zero-order chi connectivity index (χ0) is 34.4. The largest absolute Gasteiger partial charge is 0.497 e. The second-order valence-electron chi connectivity index (χ2n) is 10.4. The van der Waals surface area contributed by atoms with Crippen LogP contribution in [0.15, 0.2) is 72.8 Å². The van der Waals surface area contributed by atoms with Gasteiger partial charge in [0, 0.05) is 20.8 Å². The summed E-state index contributed by atoms with van der Waals surface area (Å²) in [6.07, 6.45) is 0. The lowest BCUT2D eigenvalue weighted by molar-refractivity contribution is -0.120. The van der Waals surface area contributed by atoms with E-state index in [4.69, 9.17) is 27.8 Å². The number of hydrogen-bond donors (Lipinski definition) is 3. The number of carbonyl (C=O) groups excluding carboxylic acids is 3. The molecule has 0 saturated heterocycles.